The highest BCUT2D eigenvalue weighted by atomic mass is 19.1. The van der Waals surface area contributed by atoms with Crippen molar-refractivity contribution in [2.24, 2.45) is 7.05 Å². The van der Waals surface area contributed by atoms with Gasteiger partial charge in [0, 0.05) is 22.4 Å². The van der Waals surface area contributed by atoms with E-state index in [1.165, 1.54) is 6.07 Å². The predicted molar refractivity (Wildman–Crippen MR) is 120 cm³/mol. The standard InChI is InChI=1S/C27H23FNO/c1-16-10-11-20-21-12-13-22(28)25(19-8-6-5-7-9-19)27(21)30-26(20)24(16)23-14-17(2)18(3)15-29(23)4/h5-15H,1-4H3/q+1/i5D,6D,7D,8D,9D. The number of fused-ring (bicyclic) bond motifs is 3. The van der Waals surface area contributed by atoms with E-state index < -0.39 is 36.0 Å². The van der Waals surface area contributed by atoms with Crippen LogP contribution in [0.1, 0.15) is 23.5 Å². The Balaban J connectivity index is 1.94. The summed E-state index contributed by atoms with van der Waals surface area (Å²) in [5, 5.41) is 1.36. The van der Waals surface area contributed by atoms with Gasteiger partial charge < -0.3 is 4.42 Å². The summed E-state index contributed by atoms with van der Waals surface area (Å²) in [7, 11) is 1.96. The molecule has 0 saturated heterocycles. The number of furan rings is 1. The maximum absolute atomic E-state index is 15.3. The van der Waals surface area contributed by atoms with Crippen molar-refractivity contribution in [3.63, 3.8) is 0 Å². The van der Waals surface area contributed by atoms with Crippen LogP contribution < -0.4 is 4.57 Å². The summed E-state index contributed by atoms with van der Waals surface area (Å²) in [4.78, 5) is 0. The van der Waals surface area contributed by atoms with Gasteiger partial charge in [0.05, 0.1) is 18.0 Å². The quantitative estimate of drug-likeness (QED) is 0.297. The van der Waals surface area contributed by atoms with Crippen molar-refractivity contribution in [1.82, 2.24) is 0 Å². The van der Waals surface area contributed by atoms with Gasteiger partial charge in [0.15, 0.2) is 6.20 Å². The first-order chi connectivity index (χ1) is 16.5. The number of benzene rings is 3. The number of aryl methyl sites for hydroxylation is 4. The van der Waals surface area contributed by atoms with Gasteiger partial charge in [-0.2, -0.15) is 0 Å². The number of nitrogens with zero attached hydrogens (tertiary/aromatic N) is 1. The summed E-state index contributed by atoms with van der Waals surface area (Å²) >= 11 is 0. The van der Waals surface area contributed by atoms with Crippen molar-refractivity contribution >= 4 is 21.9 Å². The lowest BCUT2D eigenvalue weighted by Gasteiger charge is -2.07. The van der Waals surface area contributed by atoms with Gasteiger partial charge in [-0.25, -0.2) is 8.96 Å². The average molecular weight is 402 g/mol. The molecule has 0 amide bonds. The molecule has 30 heavy (non-hydrogen) atoms. The summed E-state index contributed by atoms with van der Waals surface area (Å²) < 4.78 is 64.4. The summed E-state index contributed by atoms with van der Waals surface area (Å²) in [6, 6.07) is 6.32. The lowest BCUT2D eigenvalue weighted by atomic mass is 9.98. The minimum Gasteiger partial charge on any atom is -0.454 e. The Morgan fingerprint density at radius 1 is 0.833 bits per heavy atom. The minimum absolute atomic E-state index is 0.135. The lowest BCUT2D eigenvalue weighted by molar-refractivity contribution is -0.660. The van der Waals surface area contributed by atoms with E-state index >= 15 is 4.39 Å². The second-order valence-electron chi connectivity index (χ2n) is 7.67. The van der Waals surface area contributed by atoms with E-state index in [4.69, 9.17) is 11.3 Å². The summed E-state index contributed by atoms with van der Waals surface area (Å²) in [5.41, 5.74) is 5.39. The molecule has 0 N–H and O–H groups in total. The molecular weight excluding hydrogens is 373 g/mol. The van der Waals surface area contributed by atoms with E-state index in [0.717, 1.165) is 33.3 Å². The first kappa shape index (κ1) is 13.7. The molecule has 0 bridgehead atoms. The zero-order valence-corrected chi connectivity index (χ0v) is 17.2. The number of hydrogen-bond donors (Lipinski definition) is 0. The van der Waals surface area contributed by atoms with Crippen LogP contribution in [0.15, 0.2) is 71.2 Å². The van der Waals surface area contributed by atoms with Crippen LogP contribution in [0.2, 0.25) is 0 Å². The third-order valence-electron chi connectivity index (χ3n) is 5.72. The van der Waals surface area contributed by atoms with Crippen LogP contribution in [-0.4, -0.2) is 0 Å². The highest BCUT2D eigenvalue weighted by Crippen LogP contribution is 2.41. The Hall–Kier alpha value is -3.46. The molecule has 0 aliphatic heterocycles. The largest absolute Gasteiger partial charge is 0.454 e. The van der Waals surface area contributed by atoms with E-state index in [2.05, 4.69) is 6.07 Å². The maximum atomic E-state index is 15.3. The van der Waals surface area contributed by atoms with Crippen molar-refractivity contribution in [2.75, 3.05) is 0 Å². The summed E-state index contributed by atoms with van der Waals surface area (Å²) in [5.74, 6) is -0.718. The molecular formula is C27H23FNO+. The second kappa shape index (κ2) is 6.81. The van der Waals surface area contributed by atoms with E-state index in [9.17, 15) is 0 Å². The topological polar surface area (TPSA) is 17.0 Å². The molecule has 148 valence electrons. The molecule has 0 aliphatic carbocycles. The minimum atomic E-state index is -0.718. The van der Waals surface area contributed by atoms with Gasteiger partial charge >= 0.3 is 0 Å². The smallest absolute Gasteiger partial charge is 0.216 e. The molecule has 3 aromatic carbocycles. The van der Waals surface area contributed by atoms with E-state index in [1.807, 2.05) is 50.7 Å². The van der Waals surface area contributed by atoms with Gasteiger partial charge in [-0.05, 0) is 49.6 Å². The van der Waals surface area contributed by atoms with Crippen molar-refractivity contribution < 1.29 is 20.2 Å². The highest BCUT2D eigenvalue weighted by Gasteiger charge is 2.23. The first-order valence-electron chi connectivity index (χ1n) is 12.2. The molecule has 0 spiro atoms. The van der Waals surface area contributed by atoms with Crippen LogP contribution >= 0.6 is 0 Å². The molecule has 0 saturated carbocycles. The first-order valence-corrected chi connectivity index (χ1v) is 9.71. The fourth-order valence-corrected chi connectivity index (χ4v) is 4.04. The van der Waals surface area contributed by atoms with E-state index in [0.29, 0.717) is 11.0 Å². The second-order valence-corrected chi connectivity index (χ2v) is 7.67. The van der Waals surface area contributed by atoms with Crippen LogP contribution in [0.4, 0.5) is 4.39 Å². The van der Waals surface area contributed by atoms with Crippen molar-refractivity contribution in [1.29, 1.82) is 0 Å². The van der Waals surface area contributed by atoms with Crippen molar-refractivity contribution in [2.45, 2.75) is 20.8 Å². The molecule has 2 aromatic heterocycles. The summed E-state index contributed by atoms with van der Waals surface area (Å²) in [6.45, 7) is 6.07. The Kier molecular flexibility index (Phi) is 3.11. The van der Waals surface area contributed by atoms with Gasteiger partial charge in [0.2, 0.25) is 5.69 Å². The maximum Gasteiger partial charge on any atom is 0.216 e. The zero-order valence-electron chi connectivity index (χ0n) is 22.2. The third kappa shape index (κ3) is 2.73. The Bertz CT molecular complexity index is 1680. The molecule has 0 aliphatic rings. The molecule has 3 heteroatoms. The molecule has 5 aromatic rings. The predicted octanol–water partition coefficient (Wildman–Crippen LogP) is 6.81. The normalized spacial score (nSPS) is 13.8. The molecule has 5 rings (SSSR count). The number of aromatic nitrogens is 1. The van der Waals surface area contributed by atoms with Crippen molar-refractivity contribution in [3.8, 4) is 22.4 Å². The molecule has 0 unspecified atom stereocenters. The number of halogens is 1. The monoisotopic (exact) mass is 401 g/mol. The van der Waals surface area contributed by atoms with Gasteiger partial charge in [-0.1, -0.05) is 42.3 Å². The third-order valence-corrected chi connectivity index (χ3v) is 5.72. The van der Waals surface area contributed by atoms with E-state index in [1.54, 1.807) is 6.07 Å². The van der Waals surface area contributed by atoms with Crippen LogP contribution in [-0.2, 0) is 7.05 Å². The molecule has 0 atom stereocenters. The highest BCUT2D eigenvalue weighted by molar-refractivity contribution is 6.13. The zero-order chi connectivity index (χ0) is 25.3. The molecule has 0 radical (unpaired) electrons. The van der Waals surface area contributed by atoms with Crippen LogP contribution in [0.5, 0.6) is 0 Å². The Morgan fingerprint density at radius 2 is 1.50 bits per heavy atom. The lowest BCUT2D eigenvalue weighted by Crippen LogP contribution is -2.31. The van der Waals surface area contributed by atoms with Crippen LogP contribution in [0, 0.1) is 26.6 Å². The van der Waals surface area contributed by atoms with Gasteiger partial charge in [0.25, 0.3) is 0 Å². The molecule has 2 heterocycles. The van der Waals surface area contributed by atoms with Gasteiger partial charge in [-0.15, -0.1) is 0 Å². The van der Waals surface area contributed by atoms with Crippen LogP contribution in [0.25, 0.3) is 44.3 Å². The molecule has 2 nitrogen and oxygen atoms in total. The Labute approximate surface area is 182 Å². The summed E-state index contributed by atoms with van der Waals surface area (Å²) in [6.07, 6.45) is 2.05. The number of pyridine rings is 1. The van der Waals surface area contributed by atoms with Gasteiger partial charge in [-0.3, -0.25) is 0 Å². The van der Waals surface area contributed by atoms with Crippen molar-refractivity contribution in [3.05, 3.63) is 89.2 Å². The van der Waals surface area contributed by atoms with Crippen LogP contribution in [0.3, 0.4) is 0 Å². The SMILES string of the molecule is [2H]c1c([2H])c([2H])c(-c2c(F)ccc3c2oc2c(-c4cc(C)c(C)c[n+]4C)c(C)ccc23)c([2H])c1[2H]. The Morgan fingerprint density at radius 3 is 2.23 bits per heavy atom. The van der Waals surface area contributed by atoms with Gasteiger partial charge in [0.1, 0.15) is 24.0 Å². The molecule has 0 fully saturated rings. The van der Waals surface area contributed by atoms with E-state index in [-0.39, 0.29) is 16.7 Å². The number of rotatable bonds is 2. The fraction of sp³-hybridized carbons (Fsp3) is 0.148. The number of hydrogen-bond acceptors (Lipinski definition) is 1. The fourth-order valence-electron chi connectivity index (χ4n) is 4.04. The average Bonchev–Trinajstić information content (AvgIpc) is 3.19.